The van der Waals surface area contributed by atoms with E-state index in [0.717, 1.165) is 23.3 Å². The predicted octanol–water partition coefficient (Wildman–Crippen LogP) is 7.36. The second-order valence-electron chi connectivity index (χ2n) is 7.79. The van der Waals surface area contributed by atoms with Crippen LogP contribution in [0.1, 0.15) is 21.5 Å². The van der Waals surface area contributed by atoms with E-state index in [1.54, 1.807) is 14.2 Å². The topological polar surface area (TPSA) is 75.3 Å². The number of rotatable bonds is 11. The molecular formula is C28H25BrF3NO6. The van der Waals surface area contributed by atoms with Crippen molar-refractivity contribution < 1.29 is 41.7 Å². The highest BCUT2D eigenvalue weighted by molar-refractivity contribution is 9.10. The molecule has 0 saturated carbocycles. The average molecular weight is 608 g/mol. The molecular weight excluding hydrogens is 583 g/mol. The Bertz CT molecular complexity index is 1350. The Morgan fingerprint density at radius 3 is 1.90 bits per heavy atom. The first-order valence-electron chi connectivity index (χ1n) is 11.3. The molecule has 39 heavy (non-hydrogen) atoms. The number of hydrogen-bond acceptors (Lipinski definition) is 7. The number of ether oxygens (including phenoxy) is 5. The molecule has 0 saturated heterocycles. The number of alkyl halides is 3. The van der Waals surface area contributed by atoms with Crippen LogP contribution >= 0.6 is 15.9 Å². The van der Waals surface area contributed by atoms with Crippen molar-refractivity contribution in [3.8, 4) is 28.7 Å². The first kappa shape index (κ1) is 29.4. The van der Waals surface area contributed by atoms with Crippen LogP contribution in [-0.4, -0.2) is 40.6 Å². The molecule has 0 spiro atoms. The van der Waals surface area contributed by atoms with Crippen molar-refractivity contribution in [1.82, 2.24) is 0 Å². The first-order valence-corrected chi connectivity index (χ1v) is 12.1. The van der Waals surface area contributed by atoms with Crippen molar-refractivity contribution in [1.29, 1.82) is 0 Å². The Balaban J connectivity index is 1.79. The van der Waals surface area contributed by atoms with Gasteiger partial charge in [-0.2, -0.15) is 0 Å². The molecule has 11 heteroatoms. The maximum Gasteiger partial charge on any atom is 0.573 e. The molecule has 0 aliphatic rings. The molecule has 3 aromatic carbocycles. The quantitative estimate of drug-likeness (QED) is 0.139. The van der Waals surface area contributed by atoms with E-state index in [0.29, 0.717) is 33.2 Å². The Labute approximate surface area is 231 Å². The highest BCUT2D eigenvalue weighted by Crippen LogP contribution is 2.39. The molecule has 0 amide bonds. The highest BCUT2D eigenvalue weighted by Gasteiger charge is 2.31. The maximum atomic E-state index is 12.5. The molecule has 0 aliphatic heterocycles. The van der Waals surface area contributed by atoms with Crippen LogP contribution in [0.3, 0.4) is 0 Å². The predicted molar refractivity (Wildman–Crippen MR) is 146 cm³/mol. The van der Waals surface area contributed by atoms with Crippen LogP contribution in [0.15, 0.2) is 65.3 Å². The summed E-state index contributed by atoms with van der Waals surface area (Å²) >= 11 is 3.50. The zero-order valence-corrected chi connectivity index (χ0v) is 23.0. The lowest BCUT2D eigenvalue weighted by Crippen LogP contribution is -2.17. The summed E-state index contributed by atoms with van der Waals surface area (Å²) in [5.41, 5.74) is 2.37. The largest absolute Gasteiger partial charge is 0.573 e. The number of anilines is 1. The van der Waals surface area contributed by atoms with Gasteiger partial charge >= 0.3 is 6.36 Å². The molecule has 3 aromatic rings. The van der Waals surface area contributed by atoms with Gasteiger partial charge in [0.05, 0.1) is 38.6 Å². The summed E-state index contributed by atoms with van der Waals surface area (Å²) in [5, 5.41) is 3.02. The first-order chi connectivity index (χ1) is 18.6. The summed E-state index contributed by atoms with van der Waals surface area (Å²) in [7, 11) is 6.12. The maximum absolute atomic E-state index is 12.5. The molecule has 1 N–H and O–H groups in total. The smallest absolute Gasteiger partial charge is 0.493 e. The Hall–Kier alpha value is -4.12. The van der Waals surface area contributed by atoms with Crippen LogP contribution in [0.5, 0.6) is 28.7 Å². The summed E-state index contributed by atoms with van der Waals surface area (Å²) in [6.45, 7) is 0. The second kappa shape index (κ2) is 13.1. The van der Waals surface area contributed by atoms with Crippen molar-refractivity contribution >= 4 is 39.6 Å². The minimum Gasteiger partial charge on any atom is -0.493 e. The van der Waals surface area contributed by atoms with Crippen molar-refractivity contribution in [2.24, 2.45) is 0 Å². The Kier molecular flexibility index (Phi) is 9.89. The van der Waals surface area contributed by atoms with Gasteiger partial charge in [-0.05, 0) is 75.6 Å². The number of hydrogen-bond donors (Lipinski definition) is 1. The number of nitrogens with one attached hydrogen (secondary N) is 1. The van der Waals surface area contributed by atoms with E-state index < -0.39 is 17.9 Å². The van der Waals surface area contributed by atoms with Gasteiger partial charge in [-0.3, -0.25) is 4.79 Å². The standard InChI is InChI=1S/C28H25BrF3NO6/c1-35-24-15-18(16-25(36-2)27(24)38-4)6-5-17-13-21(29)26(37-3)22(14-17)33-12-11-23(34)19-7-9-20(10-8-19)39-28(30,31)32/h5-16,33H,1-4H3. The molecule has 206 valence electrons. The zero-order valence-electron chi connectivity index (χ0n) is 21.4. The van der Waals surface area contributed by atoms with Gasteiger partial charge in [0, 0.05) is 17.8 Å². The van der Waals surface area contributed by atoms with Crippen molar-refractivity contribution in [3.05, 3.63) is 82.0 Å². The van der Waals surface area contributed by atoms with Gasteiger partial charge in [0.15, 0.2) is 23.0 Å². The van der Waals surface area contributed by atoms with Crippen LogP contribution in [-0.2, 0) is 0 Å². The fraction of sp³-hybridized carbons (Fsp3) is 0.179. The Morgan fingerprint density at radius 2 is 1.38 bits per heavy atom. The van der Waals surface area contributed by atoms with E-state index in [1.165, 1.54) is 38.6 Å². The van der Waals surface area contributed by atoms with Crippen LogP contribution in [0, 0.1) is 0 Å². The molecule has 0 heterocycles. The minimum absolute atomic E-state index is 0.192. The monoisotopic (exact) mass is 607 g/mol. The number of methoxy groups -OCH3 is 4. The van der Waals surface area contributed by atoms with Gasteiger partial charge in [0.25, 0.3) is 0 Å². The summed E-state index contributed by atoms with van der Waals surface area (Å²) in [6, 6.07) is 11.9. The SMILES string of the molecule is COc1cc(C=Cc2cc(Br)c(OC)c(NC=CC(=O)c3ccc(OC(F)(F)F)cc3)c2)cc(OC)c1OC. The lowest BCUT2D eigenvalue weighted by molar-refractivity contribution is -0.274. The molecule has 0 bridgehead atoms. The van der Waals surface area contributed by atoms with E-state index in [1.807, 2.05) is 36.4 Å². The van der Waals surface area contributed by atoms with Crippen molar-refractivity contribution in [3.63, 3.8) is 0 Å². The van der Waals surface area contributed by atoms with Crippen molar-refractivity contribution in [2.75, 3.05) is 33.8 Å². The van der Waals surface area contributed by atoms with E-state index in [9.17, 15) is 18.0 Å². The lowest BCUT2D eigenvalue weighted by Gasteiger charge is -2.13. The lowest BCUT2D eigenvalue weighted by atomic mass is 10.1. The second-order valence-corrected chi connectivity index (χ2v) is 8.64. The third kappa shape index (κ3) is 7.93. The minimum atomic E-state index is -4.80. The summed E-state index contributed by atoms with van der Waals surface area (Å²) in [5.74, 6) is 1.21. The number of carbonyl (C=O) groups is 1. The zero-order chi connectivity index (χ0) is 28.6. The van der Waals surface area contributed by atoms with Gasteiger partial charge in [-0.25, -0.2) is 0 Å². The summed E-state index contributed by atoms with van der Waals surface area (Å²) in [6.07, 6.45) is 1.61. The van der Waals surface area contributed by atoms with Crippen LogP contribution in [0.25, 0.3) is 12.2 Å². The highest BCUT2D eigenvalue weighted by atomic mass is 79.9. The van der Waals surface area contributed by atoms with Crippen LogP contribution in [0.2, 0.25) is 0 Å². The fourth-order valence-electron chi connectivity index (χ4n) is 3.54. The van der Waals surface area contributed by atoms with E-state index in [4.69, 9.17) is 18.9 Å². The van der Waals surface area contributed by atoms with Crippen LogP contribution < -0.4 is 29.0 Å². The van der Waals surface area contributed by atoms with E-state index in [-0.39, 0.29) is 5.56 Å². The van der Waals surface area contributed by atoms with Gasteiger partial charge < -0.3 is 29.0 Å². The number of ketones is 1. The molecule has 0 atom stereocenters. The Morgan fingerprint density at radius 1 is 0.821 bits per heavy atom. The van der Waals surface area contributed by atoms with Gasteiger partial charge in [0.1, 0.15) is 5.75 Å². The normalized spacial score (nSPS) is 11.5. The molecule has 0 unspecified atom stereocenters. The molecule has 7 nitrogen and oxygen atoms in total. The van der Waals surface area contributed by atoms with Gasteiger partial charge in [-0.1, -0.05) is 12.2 Å². The summed E-state index contributed by atoms with van der Waals surface area (Å²) in [4.78, 5) is 12.5. The number of allylic oxidation sites excluding steroid dienone is 1. The van der Waals surface area contributed by atoms with Gasteiger partial charge in [0.2, 0.25) is 5.75 Å². The molecule has 0 aromatic heterocycles. The third-order valence-corrected chi connectivity index (χ3v) is 5.86. The number of halogens is 4. The number of benzene rings is 3. The fourth-order valence-corrected chi connectivity index (χ4v) is 4.18. The average Bonchev–Trinajstić information content (AvgIpc) is 2.90. The third-order valence-electron chi connectivity index (χ3n) is 5.27. The number of carbonyl (C=O) groups excluding carboxylic acids is 1. The van der Waals surface area contributed by atoms with Gasteiger partial charge in [-0.15, -0.1) is 13.2 Å². The summed E-state index contributed by atoms with van der Waals surface area (Å²) < 4.78 is 63.1. The van der Waals surface area contributed by atoms with Crippen molar-refractivity contribution in [2.45, 2.75) is 6.36 Å². The van der Waals surface area contributed by atoms with E-state index in [2.05, 4.69) is 26.0 Å². The molecule has 0 radical (unpaired) electrons. The van der Waals surface area contributed by atoms with Crippen LogP contribution in [0.4, 0.5) is 18.9 Å². The molecule has 0 fully saturated rings. The molecule has 3 rings (SSSR count). The molecule has 0 aliphatic carbocycles. The van der Waals surface area contributed by atoms with E-state index >= 15 is 0 Å².